The van der Waals surface area contributed by atoms with Crippen molar-refractivity contribution in [1.82, 2.24) is 0 Å². The summed E-state index contributed by atoms with van der Waals surface area (Å²) in [5, 5.41) is 19.1. The van der Waals surface area contributed by atoms with Gasteiger partial charge in [0.15, 0.2) is 5.78 Å². The number of aromatic hydroxyl groups is 2. The Hall–Kier alpha value is -2.28. The average Bonchev–Trinajstić information content (AvgIpc) is 2.66. The van der Waals surface area contributed by atoms with Gasteiger partial charge < -0.3 is 24.2 Å². The zero-order chi connectivity index (χ0) is 20.9. The molecule has 150 valence electrons. The Morgan fingerprint density at radius 3 is 2.27 bits per heavy atom. The molecule has 0 fully saturated rings. The number of carbonyl (C=O) groups excluding carboxylic acids is 1. The maximum absolute atomic E-state index is 12.3. The molecule has 3 aromatic carbocycles. The van der Waals surface area contributed by atoms with Crippen molar-refractivity contribution in [2.24, 2.45) is 0 Å². The Morgan fingerprint density at radius 1 is 0.900 bits per heavy atom. The largest absolute Gasteiger partial charge is 1.00 e. The molecule has 1 unspecified atom stereocenters. The summed E-state index contributed by atoms with van der Waals surface area (Å²) in [5.74, 6) is -0.533. The number of phosphoric acid groups is 1. The number of phenolic OH excluding ortho intramolecular Hbond substituents is 2. The van der Waals surface area contributed by atoms with E-state index < -0.39 is 7.82 Å². The van der Waals surface area contributed by atoms with Crippen LogP contribution in [-0.4, -0.2) is 16.0 Å². The molecule has 0 heterocycles. The van der Waals surface area contributed by atoms with Gasteiger partial charge in [0.1, 0.15) is 23.0 Å². The number of hydrogen-bond acceptors (Lipinski definition) is 7. The van der Waals surface area contributed by atoms with Gasteiger partial charge in [-0.2, -0.15) is 0 Å². The van der Waals surface area contributed by atoms with Gasteiger partial charge in [-0.25, -0.2) is 4.57 Å². The summed E-state index contributed by atoms with van der Waals surface area (Å²) < 4.78 is 22.0. The fourth-order valence-electron chi connectivity index (χ4n) is 2.66. The van der Waals surface area contributed by atoms with Crippen LogP contribution in [0.5, 0.6) is 23.0 Å². The van der Waals surface area contributed by atoms with Crippen LogP contribution in [0, 0.1) is 0 Å². The number of phosphoric ester groups is 1. The summed E-state index contributed by atoms with van der Waals surface area (Å²) in [6.07, 6.45) is 0.385. The number of Topliss-reactive ketones (excluding diaryl/α,β-unsaturated/α-hetero) is 1. The molecule has 9 heteroatoms. The van der Waals surface area contributed by atoms with Crippen molar-refractivity contribution in [3.63, 3.8) is 0 Å². The number of rotatable bonds is 8. The van der Waals surface area contributed by atoms with E-state index >= 15 is 0 Å². The second-order valence-electron chi connectivity index (χ2n) is 6.21. The molecular weight excluding hydrogens is 418 g/mol. The summed E-state index contributed by atoms with van der Waals surface area (Å²) in [4.78, 5) is 24.4. The van der Waals surface area contributed by atoms with Gasteiger partial charge in [0.2, 0.25) is 0 Å². The third kappa shape index (κ3) is 6.90. The van der Waals surface area contributed by atoms with Crippen LogP contribution < -0.4 is 43.5 Å². The summed E-state index contributed by atoms with van der Waals surface area (Å²) in [6.45, 7) is 0. The van der Waals surface area contributed by atoms with E-state index in [1.807, 2.05) is 0 Å². The first-order valence-electron chi connectivity index (χ1n) is 8.72. The van der Waals surface area contributed by atoms with E-state index in [1.54, 1.807) is 30.3 Å². The Kier molecular flexibility index (Phi) is 8.53. The molecule has 3 aromatic rings. The van der Waals surface area contributed by atoms with Crippen LogP contribution in [0.4, 0.5) is 0 Å². The molecule has 0 aliphatic rings. The quantitative estimate of drug-likeness (QED) is 0.305. The van der Waals surface area contributed by atoms with Gasteiger partial charge in [-0.15, -0.1) is 0 Å². The Balaban J connectivity index is 0.00000320. The number of phenols is 2. The van der Waals surface area contributed by atoms with E-state index in [1.165, 1.54) is 36.4 Å². The zero-order valence-corrected chi connectivity index (χ0v) is 19.1. The van der Waals surface area contributed by atoms with E-state index in [0.717, 1.165) is 6.07 Å². The van der Waals surface area contributed by atoms with Crippen LogP contribution in [0.2, 0.25) is 0 Å². The number of carbonyl (C=O) groups is 1. The van der Waals surface area contributed by atoms with Crippen LogP contribution >= 0.6 is 7.82 Å². The third-order valence-electron chi connectivity index (χ3n) is 4.00. The molecule has 7 nitrogen and oxygen atoms in total. The number of hydrogen-bond donors (Lipinski definition) is 2. The van der Waals surface area contributed by atoms with Gasteiger partial charge in [0.05, 0.1) is 5.56 Å². The zero-order valence-electron chi connectivity index (χ0n) is 16.2. The molecule has 0 aliphatic heterocycles. The average molecular weight is 436 g/mol. The van der Waals surface area contributed by atoms with Gasteiger partial charge in [-0.3, -0.25) is 4.79 Å². The van der Waals surface area contributed by atoms with Crippen molar-refractivity contribution < 1.29 is 63.1 Å². The van der Waals surface area contributed by atoms with Gasteiger partial charge in [-0.1, -0.05) is 30.3 Å². The molecule has 3 rings (SSSR count). The SMILES string of the molecule is O=C(CCc1cccc(OP(=O)([O-])Oc2ccccc2)c1)c1ccc(O)cc1O.[Na+]. The normalized spacial score (nSPS) is 12.3. The van der Waals surface area contributed by atoms with E-state index in [0.29, 0.717) is 12.0 Å². The first-order valence-corrected chi connectivity index (χ1v) is 10.2. The molecule has 0 saturated carbocycles. The maximum atomic E-state index is 12.3. The molecule has 0 aliphatic carbocycles. The van der Waals surface area contributed by atoms with Gasteiger partial charge in [0.25, 0.3) is 0 Å². The van der Waals surface area contributed by atoms with E-state index in [-0.39, 0.29) is 70.3 Å². The number of benzene rings is 3. The van der Waals surface area contributed by atoms with E-state index in [4.69, 9.17) is 9.05 Å². The number of para-hydroxylation sites is 1. The van der Waals surface area contributed by atoms with Gasteiger partial charge >= 0.3 is 37.4 Å². The van der Waals surface area contributed by atoms with Gasteiger partial charge in [0, 0.05) is 12.5 Å². The standard InChI is InChI=1S/C21H19O7P.Na/c22-16-10-11-19(21(24)14-16)20(23)12-9-15-5-4-8-18(13-15)28-29(25,26)27-17-6-2-1-3-7-17;/h1-8,10-11,13-14,22,24H,9,12H2,(H,25,26);/q;+1/p-1. The van der Waals surface area contributed by atoms with Crippen molar-refractivity contribution in [3.8, 4) is 23.0 Å². The fourth-order valence-corrected chi connectivity index (χ4v) is 3.45. The summed E-state index contributed by atoms with van der Waals surface area (Å²) in [6, 6.07) is 18.1. The molecule has 0 radical (unpaired) electrons. The summed E-state index contributed by atoms with van der Waals surface area (Å²) >= 11 is 0. The minimum atomic E-state index is -4.63. The van der Waals surface area contributed by atoms with Crippen molar-refractivity contribution in [3.05, 3.63) is 83.9 Å². The van der Waals surface area contributed by atoms with Crippen LogP contribution in [0.1, 0.15) is 22.3 Å². The molecule has 2 N–H and O–H groups in total. The third-order valence-corrected chi connectivity index (χ3v) is 4.87. The predicted molar refractivity (Wildman–Crippen MR) is 104 cm³/mol. The van der Waals surface area contributed by atoms with E-state index in [9.17, 15) is 24.5 Å². The van der Waals surface area contributed by atoms with Gasteiger partial charge in [-0.05, 0) is 48.4 Å². The molecule has 0 saturated heterocycles. The summed E-state index contributed by atoms with van der Waals surface area (Å²) in [7, 11) is -4.63. The molecule has 0 spiro atoms. The smallest absolute Gasteiger partial charge is 0.736 e. The monoisotopic (exact) mass is 436 g/mol. The Morgan fingerprint density at radius 2 is 1.57 bits per heavy atom. The Bertz CT molecular complexity index is 1060. The minimum Gasteiger partial charge on any atom is -0.736 e. The topological polar surface area (TPSA) is 116 Å². The first kappa shape index (κ1) is 24.0. The van der Waals surface area contributed by atoms with Crippen molar-refractivity contribution >= 4 is 13.6 Å². The van der Waals surface area contributed by atoms with Crippen molar-refractivity contribution in [2.45, 2.75) is 12.8 Å². The number of ketones is 1. The second-order valence-corrected chi connectivity index (χ2v) is 7.47. The molecule has 0 aromatic heterocycles. The van der Waals surface area contributed by atoms with E-state index in [2.05, 4.69) is 0 Å². The first-order chi connectivity index (χ1) is 13.8. The van der Waals surface area contributed by atoms with Crippen LogP contribution in [0.25, 0.3) is 0 Å². The molecule has 0 amide bonds. The second kappa shape index (κ2) is 10.7. The fraction of sp³-hybridized carbons (Fsp3) is 0.0952. The van der Waals surface area contributed by atoms with Crippen molar-refractivity contribution in [2.75, 3.05) is 0 Å². The van der Waals surface area contributed by atoms with Crippen LogP contribution in [0.3, 0.4) is 0 Å². The number of aryl methyl sites for hydroxylation is 1. The maximum Gasteiger partial charge on any atom is 1.00 e. The van der Waals surface area contributed by atoms with Crippen LogP contribution in [-0.2, 0) is 11.0 Å². The summed E-state index contributed by atoms with van der Waals surface area (Å²) in [5.41, 5.74) is 0.782. The molecule has 30 heavy (non-hydrogen) atoms. The van der Waals surface area contributed by atoms with Crippen molar-refractivity contribution in [1.29, 1.82) is 0 Å². The minimum absolute atomic E-state index is 0. The molecule has 1 atom stereocenters. The predicted octanol–water partition coefficient (Wildman–Crippen LogP) is 0.843. The molecular formula is C21H18NaO7P. The Labute approximate surface area is 195 Å². The van der Waals surface area contributed by atoms with Crippen LogP contribution in [0.15, 0.2) is 72.8 Å². The molecule has 0 bridgehead atoms.